The van der Waals surface area contributed by atoms with Gasteiger partial charge < -0.3 is 10.2 Å². The van der Waals surface area contributed by atoms with E-state index < -0.39 is 0 Å². The number of halogens is 1. The number of carbonyl (C=O) groups is 2. The van der Waals surface area contributed by atoms with E-state index in [0.717, 1.165) is 15.6 Å². The molecular formula is C23H25BrN2O2. The average Bonchev–Trinajstić information content (AvgIpc) is 2.73. The minimum absolute atomic E-state index is 0.00483. The van der Waals surface area contributed by atoms with E-state index in [-0.39, 0.29) is 23.8 Å². The first-order chi connectivity index (χ1) is 13.5. The van der Waals surface area contributed by atoms with Crippen LogP contribution in [-0.2, 0) is 9.59 Å². The molecule has 1 unspecified atom stereocenters. The fraction of sp³-hybridized carbons (Fsp3) is 0.304. The van der Waals surface area contributed by atoms with Crippen molar-refractivity contribution >= 4 is 33.8 Å². The van der Waals surface area contributed by atoms with Crippen LogP contribution < -0.4 is 5.32 Å². The molecule has 28 heavy (non-hydrogen) atoms. The zero-order chi connectivity index (χ0) is 19.9. The molecule has 146 valence electrons. The van der Waals surface area contributed by atoms with Crippen molar-refractivity contribution in [3.63, 3.8) is 0 Å². The third-order valence-electron chi connectivity index (χ3n) is 5.10. The second-order valence-electron chi connectivity index (χ2n) is 7.13. The molecule has 0 aliphatic carbocycles. The zero-order valence-corrected chi connectivity index (χ0v) is 17.6. The van der Waals surface area contributed by atoms with Crippen LogP contribution in [0.4, 0.5) is 0 Å². The summed E-state index contributed by atoms with van der Waals surface area (Å²) in [5.74, 6) is 0.0290. The fourth-order valence-electron chi connectivity index (χ4n) is 3.39. The Labute approximate surface area is 174 Å². The Kier molecular flexibility index (Phi) is 7.04. The minimum Gasteiger partial charge on any atom is -0.349 e. The van der Waals surface area contributed by atoms with Gasteiger partial charge in [-0.25, -0.2) is 0 Å². The lowest BCUT2D eigenvalue weighted by atomic mass is 9.95. The largest absolute Gasteiger partial charge is 0.349 e. The Morgan fingerprint density at radius 1 is 1.11 bits per heavy atom. The number of nitrogens with one attached hydrogen (secondary N) is 1. The maximum Gasteiger partial charge on any atom is 0.246 e. The van der Waals surface area contributed by atoms with E-state index >= 15 is 0 Å². The Morgan fingerprint density at radius 3 is 2.50 bits per heavy atom. The fourth-order valence-corrected chi connectivity index (χ4v) is 3.81. The predicted octanol–water partition coefficient (Wildman–Crippen LogP) is 4.58. The lowest BCUT2D eigenvalue weighted by molar-refractivity contribution is -0.132. The third-order valence-corrected chi connectivity index (χ3v) is 5.60. The normalized spacial score (nSPS) is 16.1. The van der Waals surface area contributed by atoms with Crippen molar-refractivity contribution < 1.29 is 9.59 Å². The van der Waals surface area contributed by atoms with Gasteiger partial charge in [-0.05, 0) is 49.1 Å². The van der Waals surface area contributed by atoms with Crippen LogP contribution in [-0.4, -0.2) is 29.8 Å². The van der Waals surface area contributed by atoms with Gasteiger partial charge in [0.05, 0.1) is 6.04 Å². The Balaban J connectivity index is 1.48. The van der Waals surface area contributed by atoms with Crippen molar-refractivity contribution in [3.05, 3.63) is 76.3 Å². The topological polar surface area (TPSA) is 49.4 Å². The molecule has 0 aromatic heterocycles. The Bertz CT molecular complexity index is 843. The van der Waals surface area contributed by atoms with Crippen LogP contribution >= 0.6 is 15.9 Å². The van der Waals surface area contributed by atoms with Gasteiger partial charge in [0, 0.05) is 29.6 Å². The van der Waals surface area contributed by atoms with Gasteiger partial charge in [0.2, 0.25) is 11.8 Å². The number of hydrogen-bond acceptors (Lipinski definition) is 2. The van der Waals surface area contributed by atoms with Crippen molar-refractivity contribution in [2.75, 3.05) is 13.1 Å². The maximum absolute atomic E-state index is 12.6. The van der Waals surface area contributed by atoms with Gasteiger partial charge in [0.15, 0.2) is 0 Å². The molecule has 0 saturated carbocycles. The van der Waals surface area contributed by atoms with Crippen LogP contribution in [0.15, 0.2) is 65.1 Å². The number of likely N-dealkylation sites (tertiary alicyclic amines) is 1. The molecule has 0 spiro atoms. The highest BCUT2D eigenvalue weighted by Gasteiger charge is 2.27. The summed E-state index contributed by atoms with van der Waals surface area (Å²) in [6.45, 7) is 3.22. The smallest absolute Gasteiger partial charge is 0.246 e. The predicted molar refractivity (Wildman–Crippen MR) is 115 cm³/mol. The van der Waals surface area contributed by atoms with E-state index in [1.54, 1.807) is 6.08 Å². The first kappa shape index (κ1) is 20.3. The van der Waals surface area contributed by atoms with Crippen LogP contribution in [0.5, 0.6) is 0 Å². The molecule has 1 heterocycles. The highest BCUT2D eigenvalue weighted by Crippen LogP contribution is 2.21. The van der Waals surface area contributed by atoms with Crippen LogP contribution in [0.1, 0.15) is 36.9 Å². The van der Waals surface area contributed by atoms with Gasteiger partial charge >= 0.3 is 0 Å². The summed E-state index contributed by atoms with van der Waals surface area (Å²) in [6, 6.07) is 17.7. The van der Waals surface area contributed by atoms with Gasteiger partial charge in [-0.2, -0.15) is 0 Å². The highest BCUT2D eigenvalue weighted by molar-refractivity contribution is 9.10. The summed E-state index contributed by atoms with van der Waals surface area (Å²) in [4.78, 5) is 26.8. The zero-order valence-electron chi connectivity index (χ0n) is 16.0. The van der Waals surface area contributed by atoms with E-state index in [4.69, 9.17) is 0 Å². The second-order valence-corrected chi connectivity index (χ2v) is 8.04. The van der Waals surface area contributed by atoms with Crippen molar-refractivity contribution in [1.82, 2.24) is 10.2 Å². The SMILES string of the molecule is CC(NC(=O)C1CCN(C(=O)/C=C/c2ccccc2)CC1)c1cccc(Br)c1. The van der Waals surface area contributed by atoms with Gasteiger partial charge in [0.25, 0.3) is 0 Å². The van der Waals surface area contributed by atoms with E-state index in [9.17, 15) is 9.59 Å². The van der Waals surface area contributed by atoms with Crippen molar-refractivity contribution in [2.45, 2.75) is 25.8 Å². The van der Waals surface area contributed by atoms with Crippen molar-refractivity contribution in [3.8, 4) is 0 Å². The average molecular weight is 441 g/mol. The molecular weight excluding hydrogens is 416 g/mol. The quantitative estimate of drug-likeness (QED) is 0.691. The summed E-state index contributed by atoms with van der Waals surface area (Å²) in [5.41, 5.74) is 2.08. The third kappa shape index (κ3) is 5.55. The molecule has 1 atom stereocenters. The molecule has 1 saturated heterocycles. The number of benzene rings is 2. The Morgan fingerprint density at radius 2 is 1.82 bits per heavy atom. The molecule has 0 radical (unpaired) electrons. The molecule has 3 rings (SSSR count). The van der Waals surface area contributed by atoms with Crippen LogP contribution in [0.25, 0.3) is 6.08 Å². The molecule has 1 aliphatic heterocycles. The first-order valence-corrected chi connectivity index (χ1v) is 10.4. The molecule has 4 nitrogen and oxygen atoms in total. The number of rotatable bonds is 5. The van der Waals surface area contributed by atoms with Crippen molar-refractivity contribution in [1.29, 1.82) is 0 Å². The second kappa shape index (κ2) is 9.69. The van der Waals surface area contributed by atoms with E-state index in [1.165, 1.54) is 0 Å². The Hall–Kier alpha value is -2.40. The van der Waals surface area contributed by atoms with E-state index in [2.05, 4.69) is 21.2 Å². The lowest BCUT2D eigenvalue weighted by Gasteiger charge is -2.31. The number of piperidine rings is 1. The van der Waals surface area contributed by atoms with Gasteiger partial charge in [0.1, 0.15) is 0 Å². The van der Waals surface area contributed by atoms with E-state index in [0.29, 0.717) is 25.9 Å². The molecule has 2 aromatic carbocycles. The standard InChI is InChI=1S/C23H25BrN2O2/c1-17(20-8-5-9-21(24)16-20)25-23(28)19-12-14-26(15-13-19)22(27)11-10-18-6-3-2-4-7-18/h2-11,16-17,19H,12-15H2,1H3,(H,25,28)/b11-10+. The number of hydrogen-bond donors (Lipinski definition) is 1. The summed E-state index contributed by atoms with van der Waals surface area (Å²) in [5, 5.41) is 3.11. The number of carbonyl (C=O) groups excluding carboxylic acids is 2. The first-order valence-electron chi connectivity index (χ1n) is 9.61. The minimum atomic E-state index is -0.0447. The van der Waals surface area contributed by atoms with Crippen LogP contribution in [0, 0.1) is 5.92 Å². The maximum atomic E-state index is 12.6. The molecule has 2 aromatic rings. The van der Waals surface area contributed by atoms with Gasteiger partial charge in [-0.1, -0.05) is 58.4 Å². The highest BCUT2D eigenvalue weighted by atomic mass is 79.9. The number of nitrogens with zero attached hydrogens (tertiary/aromatic N) is 1. The van der Waals surface area contributed by atoms with E-state index in [1.807, 2.05) is 72.5 Å². The summed E-state index contributed by atoms with van der Waals surface area (Å²) in [7, 11) is 0. The summed E-state index contributed by atoms with van der Waals surface area (Å²) >= 11 is 3.47. The molecule has 0 bridgehead atoms. The lowest BCUT2D eigenvalue weighted by Crippen LogP contribution is -2.43. The molecule has 1 fully saturated rings. The number of amides is 2. The van der Waals surface area contributed by atoms with Crippen LogP contribution in [0.2, 0.25) is 0 Å². The molecule has 2 amide bonds. The van der Waals surface area contributed by atoms with Crippen molar-refractivity contribution in [2.24, 2.45) is 5.92 Å². The van der Waals surface area contributed by atoms with Crippen LogP contribution in [0.3, 0.4) is 0 Å². The molecule has 5 heteroatoms. The molecule has 1 N–H and O–H groups in total. The van der Waals surface area contributed by atoms with Gasteiger partial charge in [-0.3, -0.25) is 9.59 Å². The van der Waals surface area contributed by atoms with Gasteiger partial charge in [-0.15, -0.1) is 0 Å². The molecule has 1 aliphatic rings. The summed E-state index contributed by atoms with van der Waals surface area (Å²) < 4.78 is 1.00. The summed E-state index contributed by atoms with van der Waals surface area (Å²) in [6.07, 6.45) is 4.84. The monoisotopic (exact) mass is 440 g/mol.